The van der Waals surface area contributed by atoms with Crippen LogP contribution in [0.4, 0.5) is 20.8 Å². The molecule has 0 saturated heterocycles. The van der Waals surface area contributed by atoms with Crippen LogP contribution in [0.3, 0.4) is 0 Å². The molecule has 0 fully saturated rings. The van der Waals surface area contributed by atoms with Crippen molar-refractivity contribution in [2.45, 2.75) is 13.0 Å². The van der Waals surface area contributed by atoms with Gasteiger partial charge in [-0.2, -0.15) is 4.37 Å². The van der Waals surface area contributed by atoms with Crippen molar-refractivity contribution >= 4 is 40.1 Å². The zero-order chi connectivity index (χ0) is 18.6. The highest BCUT2D eigenvalue weighted by Crippen LogP contribution is 2.30. The van der Waals surface area contributed by atoms with E-state index in [9.17, 15) is 14.0 Å². The number of anilines is 3. The molecule has 0 bridgehead atoms. The number of amides is 1. The summed E-state index contributed by atoms with van der Waals surface area (Å²) in [5.74, 6) is 4.27. The Morgan fingerprint density at radius 2 is 2.24 bits per heavy atom. The van der Waals surface area contributed by atoms with Gasteiger partial charge in [0, 0.05) is 7.11 Å². The molecule has 25 heavy (non-hydrogen) atoms. The van der Waals surface area contributed by atoms with E-state index in [1.165, 1.54) is 24.7 Å². The van der Waals surface area contributed by atoms with Crippen LogP contribution in [-0.4, -0.2) is 36.3 Å². The summed E-state index contributed by atoms with van der Waals surface area (Å²) in [6, 6.07) is 3.16. The Bertz CT molecular complexity index is 783. The van der Waals surface area contributed by atoms with E-state index in [-0.39, 0.29) is 23.5 Å². The van der Waals surface area contributed by atoms with Gasteiger partial charge in [-0.15, -0.1) is 0 Å². The number of nitrogens with one attached hydrogen (secondary N) is 1. The lowest BCUT2D eigenvalue weighted by atomic mass is 10.1. The number of nitrogens with two attached hydrogens (primary N) is 2. The van der Waals surface area contributed by atoms with E-state index in [0.29, 0.717) is 11.3 Å². The molecule has 10 heteroatoms. The number of methoxy groups -OCH3 is 1. The van der Waals surface area contributed by atoms with Crippen LogP contribution in [0.25, 0.3) is 0 Å². The molecule has 0 aliphatic rings. The Morgan fingerprint density at radius 1 is 1.52 bits per heavy atom. The number of hydrogen-bond donors (Lipinski definition) is 3. The molecule has 2 aromatic rings. The van der Waals surface area contributed by atoms with Crippen molar-refractivity contribution in [1.82, 2.24) is 4.37 Å². The predicted molar refractivity (Wildman–Crippen MR) is 93.4 cm³/mol. The van der Waals surface area contributed by atoms with Gasteiger partial charge in [-0.25, -0.2) is 10.2 Å². The molecular formula is C15H18FN5O3S. The molecule has 8 nitrogen and oxygen atoms in total. The number of nitrogens with zero attached hydrogens (tertiary/aromatic N) is 2. The van der Waals surface area contributed by atoms with Crippen molar-refractivity contribution in [2.24, 2.45) is 11.6 Å². The van der Waals surface area contributed by atoms with Gasteiger partial charge in [0.2, 0.25) is 0 Å². The number of carbonyl (C=O) groups is 2. The van der Waals surface area contributed by atoms with E-state index >= 15 is 0 Å². The lowest BCUT2D eigenvalue weighted by Gasteiger charge is -2.26. The third-order valence-electron chi connectivity index (χ3n) is 3.37. The highest BCUT2D eigenvalue weighted by Gasteiger charge is 2.22. The summed E-state index contributed by atoms with van der Waals surface area (Å²) in [5.41, 5.74) is 6.24. The number of aryl methyl sites for hydroxylation is 1. The van der Waals surface area contributed by atoms with Crippen LogP contribution in [0.1, 0.15) is 16.1 Å². The van der Waals surface area contributed by atoms with Crippen molar-refractivity contribution in [2.75, 3.05) is 24.0 Å². The van der Waals surface area contributed by atoms with Gasteiger partial charge in [-0.05, 0) is 36.7 Å². The first-order valence-corrected chi connectivity index (χ1v) is 7.96. The third kappa shape index (κ3) is 4.29. The molecule has 0 spiro atoms. The SMILES string of the molecule is COC[C@H](C=O)N(N)c1cc(Nc2cc(C)ns2)c(C(N)=O)cc1F. The molecule has 1 aromatic carbocycles. The molecule has 0 radical (unpaired) electrons. The van der Waals surface area contributed by atoms with Crippen molar-refractivity contribution in [3.8, 4) is 0 Å². The van der Waals surface area contributed by atoms with Crippen LogP contribution in [0, 0.1) is 12.7 Å². The van der Waals surface area contributed by atoms with Gasteiger partial charge >= 0.3 is 0 Å². The van der Waals surface area contributed by atoms with E-state index in [1.807, 2.05) is 6.92 Å². The molecule has 1 aromatic heterocycles. The van der Waals surface area contributed by atoms with E-state index < -0.39 is 17.8 Å². The number of carbonyl (C=O) groups excluding carboxylic acids is 2. The maximum atomic E-state index is 14.4. The molecule has 1 atom stereocenters. The fraction of sp³-hybridized carbons (Fsp3) is 0.267. The summed E-state index contributed by atoms with van der Waals surface area (Å²) < 4.78 is 23.4. The highest BCUT2D eigenvalue weighted by molar-refractivity contribution is 7.10. The standard InChI is InChI=1S/C15H18FN5O3S/c1-8-3-14(25-20-8)19-12-5-13(11(16)4-10(12)15(17)23)21(18)9(6-22)7-24-2/h3-6,9,19H,7,18H2,1-2H3,(H2,17,23)/t9-/m0/s1. The molecule has 0 aliphatic carbocycles. The summed E-state index contributed by atoms with van der Waals surface area (Å²) in [6.45, 7) is 1.79. The number of primary amides is 1. The lowest BCUT2D eigenvalue weighted by molar-refractivity contribution is -0.110. The van der Waals surface area contributed by atoms with Crippen LogP contribution >= 0.6 is 11.5 Å². The Hall–Kier alpha value is -2.56. The number of benzene rings is 1. The summed E-state index contributed by atoms with van der Waals surface area (Å²) in [4.78, 5) is 22.8. The first kappa shape index (κ1) is 18.8. The summed E-state index contributed by atoms with van der Waals surface area (Å²) >= 11 is 1.17. The maximum Gasteiger partial charge on any atom is 0.250 e. The Labute approximate surface area is 147 Å². The molecule has 0 aliphatic heterocycles. The van der Waals surface area contributed by atoms with E-state index in [4.69, 9.17) is 16.3 Å². The number of aromatic nitrogens is 1. The second-order valence-electron chi connectivity index (χ2n) is 5.24. The van der Waals surface area contributed by atoms with E-state index in [0.717, 1.165) is 16.8 Å². The smallest absolute Gasteiger partial charge is 0.250 e. The summed E-state index contributed by atoms with van der Waals surface area (Å²) in [5, 5.41) is 4.56. The zero-order valence-corrected chi connectivity index (χ0v) is 14.5. The van der Waals surface area contributed by atoms with Crippen molar-refractivity contribution < 1.29 is 18.7 Å². The van der Waals surface area contributed by atoms with Gasteiger partial charge in [-0.3, -0.25) is 9.80 Å². The quantitative estimate of drug-likeness (QED) is 0.365. The second kappa shape index (κ2) is 8.01. The largest absolute Gasteiger partial charge is 0.382 e. The lowest BCUT2D eigenvalue weighted by Crippen LogP contribution is -2.45. The van der Waals surface area contributed by atoms with Crippen LogP contribution in [-0.2, 0) is 9.53 Å². The van der Waals surface area contributed by atoms with Crippen molar-refractivity contribution in [3.63, 3.8) is 0 Å². The Kier molecular flexibility index (Phi) is 6.02. The molecule has 5 N–H and O–H groups in total. The van der Waals surface area contributed by atoms with Gasteiger partial charge in [0.15, 0.2) is 0 Å². The number of halogens is 1. The third-order valence-corrected chi connectivity index (χ3v) is 4.16. The molecule has 1 heterocycles. The highest BCUT2D eigenvalue weighted by atomic mass is 32.1. The molecule has 1 amide bonds. The monoisotopic (exact) mass is 367 g/mol. The summed E-state index contributed by atoms with van der Waals surface area (Å²) in [7, 11) is 1.40. The average molecular weight is 367 g/mol. The van der Waals surface area contributed by atoms with Crippen LogP contribution in [0.5, 0.6) is 0 Å². The first-order chi connectivity index (χ1) is 11.9. The predicted octanol–water partition coefficient (Wildman–Crippen LogP) is 1.33. The normalized spacial score (nSPS) is 11.8. The van der Waals surface area contributed by atoms with Gasteiger partial charge in [-0.1, -0.05) is 0 Å². The number of rotatable bonds is 8. The summed E-state index contributed by atoms with van der Waals surface area (Å²) in [6.07, 6.45) is 0.546. The van der Waals surface area contributed by atoms with Crippen molar-refractivity contribution in [3.05, 3.63) is 35.3 Å². The zero-order valence-electron chi connectivity index (χ0n) is 13.7. The maximum absolute atomic E-state index is 14.4. The minimum Gasteiger partial charge on any atom is -0.382 e. The number of ether oxygens (including phenoxy) is 1. The topological polar surface area (TPSA) is 124 Å². The minimum absolute atomic E-state index is 0.0200. The molecule has 0 saturated carbocycles. The van der Waals surface area contributed by atoms with Gasteiger partial charge in [0.25, 0.3) is 5.91 Å². The number of hydrazine groups is 1. The molecular weight excluding hydrogens is 349 g/mol. The Balaban J connectivity index is 2.46. The van der Waals surface area contributed by atoms with Crippen LogP contribution in [0.2, 0.25) is 0 Å². The van der Waals surface area contributed by atoms with Crippen LogP contribution < -0.4 is 21.9 Å². The fourth-order valence-corrected chi connectivity index (χ4v) is 2.83. The van der Waals surface area contributed by atoms with Gasteiger partial charge < -0.3 is 20.6 Å². The van der Waals surface area contributed by atoms with E-state index in [1.54, 1.807) is 6.07 Å². The molecule has 0 unspecified atom stereocenters. The Morgan fingerprint density at radius 3 is 2.76 bits per heavy atom. The molecule has 134 valence electrons. The number of aldehydes is 1. The van der Waals surface area contributed by atoms with E-state index in [2.05, 4.69) is 9.69 Å². The minimum atomic E-state index is -0.891. The second-order valence-corrected chi connectivity index (χ2v) is 6.04. The first-order valence-electron chi connectivity index (χ1n) is 7.19. The number of hydrogen-bond acceptors (Lipinski definition) is 8. The van der Waals surface area contributed by atoms with Crippen molar-refractivity contribution in [1.29, 1.82) is 0 Å². The molecule has 2 rings (SSSR count). The van der Waals surface area contributed by atoms with Gasteiger partial charge in [0.1, 0.15) is 23.1 Å². The van der Waals surface area contributed by atoms with Gasteiger partial charge in [0.05, 0.1) is 29.2 Å². The fourth-order valence-electron chi connectivity index (χ4n) is 2.16. The average Bonchev–Trinajstić information content (AvgIpc) is 2.98. The van der Waals surface area contributed by atoms with Crippen LogP contribution in [0.15, 0.2) is 18.2 Å².